The van der Waals surface area contributed by atoms with Crippen LogP contribution in [0.3, 0.4) is 0 Å². The first kappa shape index (κ1) is 19.2. The third kappa shape index (κ3) is 4.78. The predicted octanol–water partition coefficient (Wildman–Crippen LogP) is 3.12. The molecule has 1 fully saturated rings. The van der Waals surface area contributed by atoms with E-state index in [2.05, 4.69) is 10.9 Å². The van der Waals surface area contributed by atoms with Gasteiger partial charge in [0.25, 0.3) is 5.91 Å². The van der Waals surface area contributed by atoms with Gasteiger partial charge in [0.05, 0.1) is 17.7 Å². The van der Waals surface area contributed by atoms with Gasteiger partial charge in [-0.3, -0.25) is 25.2 Å². The van der Waals surface area contributed by atoms with Crippen molar-refractivity contribution in [3.8, 4) is 0 Å². The van der Waals surface area contributed by atoms with Crippen molar-refractivity contribution in [3.63, 3.8) is 0 Å². The summed E-state index contributed by atoms with van der Waals surface area (Å²) >= 11 is 11.8. The Morgan fingerprint density at radius 1 is 1.00 bits per heavy atom. The minimum atomic E-state index is -0.522. The molecule has 0 saturated carbocycles. The molecule has 2 aromatic rings. The maximum atomic E-state index is 12.5. The molecule has 1 saturated heterocycles. The van der Waals surface area contributed by atoms with Crippen LogP contribution in [0.15, 0.2) is 42.5 Å². The Morgan fingerprint density at radius 3 is 2.37 bits per heavy atom. The molecule has 0 bridgehead atoms. The Kier molecular flexibility index (Phi) is 5.98. The van der Waals surface area contributed by atoms with Gasteiger partial charge in [-0.25, -0.2) is 0 Å². The molecule has 2 aromatic carbocycles. The van der Waals surface area contributed by atoms with E-state index in [4.69, 9.17) is 23.2 Å². The Balaban J connectivity index is 1.66. The average Bonchev–Trinajstić information content (AvgIpc) is 3.07. The molecule has 3 amide bonds. The van der Waals surface area contributed by atoms with Gasteiger partial charge >= 0.3 is 0 Å². The van der Waals surface area contributed by atoms with Gasteiger partial charge in [0, 0.05) is 23.0 Å². The van der Waals surface area contributed by atoms with Crippen LogP contribution in [0.4, 0.5) is 5.69 Å². The molecule has 0 aliphatic carbocycles. The van der Waals surface area contributed by atoms with E-state index in [0.29, 0.717) is 28.7 Å². The van der Waals surface area contributed by atoms with Crippen LogP contribution in [-0.2, 0) is 16.0 Å². The standard InChI is InChI=1S/C19H17Cl2N3O3/c20-13-5-3-12(4-6-13)10-17(25)22-23-19(27)15-8-7-14(21)11-16(15)24-9-1-2-18(24)26/h3-8,11H,1-2,9-10H2,(H,22,25)(H,23,27). The van der Waals surface area contributed by atoms with Gasteiger partial charge < -0.3 is 4.90 Å². The van der Waals surface area contributed by atoms with Crippen molar-refractivity contribution < 1.29 is 14.4 Å². The number of benzene rings is 2. The van der Waals surface area contributed by atoms with Crippen molar-refractivity contribution in [2.45, 2.75) is 19.3 Å². The summed E-state index contributed by atoms with van der Waals surface area (Å²) in [5, 5.41) is 1.01. The summed E-state index contributed by atoms with van der Waals surface area (Å²) < 4.78 is 0. The zero-order chi connectivity index (χ0) is 19.4. The first-order chi connectivity index (χ1) is 12.9. The van der Waals surface area contributed by atoms with Gasteiger partial charge in [0.2, 0.25) is 11.8 Å². The molecule has 0 atom stereocenters. The van der Waals surface area contributed by atoms with Crippen LogP contribution < -0.4 is 15.8 Å². The summed E-state index contributed by atoms with van der Waals surface area (Å²) in [5.41, 5.74) is 6.23. The van der Waals surface area contributed by atoms with Crippen LogP contribution in [0, 0.1) is 0 Å². The SMILES string of the molecule is O=C(Cc1ccc(Cl)cc1)NNC(=O)c1ccc(Cl)cc1N1CCCC1=O. The second kappa shape index (κ2) is 8.41. The second-order valence-corrected chi connectivity index (χ2v) is 6.99. The van der Waals surface area contributed by atoms with E-state index in [9.17, 15) is 14.4 Å². The number of halogens is 2. The Bertz CT molecular complexity index is 884. The number of carbonyl (C=O) groups is 3. The third-order valence-corrected chi connectivity index (χ3v) is 4.65. The van der Waals surface area contributed by atoms with E-state index in [-0.39, 0.29) is 23.8 Å². The van der Waals surface area contributed by atoms with Gasteiger partial charge in [-0.1, -0.05) is 35.3 Å². The van der Waals surface area contributed by atoms with Crippen LogP contribution in [-0.4, -0.2) is 24.3 Å². The molecular weight excluding hydrogens is 389 g/mol. The number of carbonyl (C=O) groups excluding carboxylic acids is 3. The molecular formula is C19H17Cl2N3O3. The predicted molar refractivity (Wildman–Crippen MR) is 104 cm³/mol. The molecule has 0 unspecified atom stereocenters. The number of hydrogen-bond acceptors (Lipinski definition) is 3. The molecule has 27 heavy (non-hydrogen) atoms. The Hall–Kier alpha value is -2.57. The zero-order valence-electron chi connectivity index (χ0n) is 14.3. The molecule has 6 nitrogen and oxygen atoms in total. The van der Waals surface area contributed by atoms with E-state index >= 15 is 0 Å². The molecule has 0 aromatic heterocycles. The van der Waals surface area contributed by atoms with E-state index in [1.807, 2.05) is 0 Å². The highest BCUT2D eigenvalue weighted by Gasteiger charge is 2.26. The van der Waals surface area contributed by atoms with Gasteiger partial charge in [0.1, 0.15) is 0 Å². The highest BCUT2D eigenvalue weighted by Crippen LogP contribution is 2.28. The summed E-state index contributed by atoms with van der Waals surface area (Å²) in [5.74, 6) is -0.956. The molecule has 2 N–H and O–H groups in total. The summed E-state index contributed by atoms with van der Waals surface area (Å²) in [4.78, 5) is 38.1. The molecule has 3 rings (SSSR count). The second-order valence-electron chi connectivity index (χ2n) is 6.12. The molecule has 140 valence electrons. The average molecular weight is 406 g/mol. The Morgan fingerprint density at radius 2 is 1.70 bits per heavy atom. The molecule has 8 heteroatoms. The largest absolute Gasteiger partial charge is 0.312 e. The number of amides is 3. The van der Waals surface area contributed by atoms with E-state index in [1.54, 1.807) is 36.4 Å². The van der Waals surface area contributed by atoms with Crippen molar-refractivity contribution in [1.82, 2.24) is 10.9 Å². The van der Waals surface area contributed by atoms with Crippen LogP contribution in [0.5, 0.6) is 0 Å². The highest BCUT2D eigenvalue weighted by molar-refractivity contribution is 6.31. The zero-order valence-corrected chi connectivity index (χ0v) is 15.8. The number of hydrogen-bond donors (Lipinski definition) is 2. The fourth-order valence-electron chi connectivity index (χ4n) is 2.85. The van der Waals surface area contributed by atoms with E-state index in [0.717, 1.165) is 12.0 Å². The monoisotopic (exact) mass is 405 g/mol. The topological polar surface area (TPSA) is 78.5 Å². The number of anilines is 1. The molecule has 1 aliphatic rings. The first-order valence-corrected chi connectivity index (χ1v) is 9.13. The van der Waals surface area contributed by atoms with Gasteiger partial charge in [0.15, 0.2) is 0 Å². The maximum Gasteiger partial charge on any atom is 0.271 e. The number of rotatable bonds is 4. The van der Waals surface area contributed by atoms with Gasteiger partial charge in [-0.2, -0.15) is 0 Å². The Labute approximate surface area is 166 Å². The smallest absolute Gasteiger partial charge is 0.271 e. The summed E-state index contributed by atoms with van der Waals surface area (Å²) in [7, 11) is 0. The number of nitrogens with zero attached hydrogens (tertiary/aromatic N) is 1. The van der Waals surface area contributed by atoms with Crippen LogP contribution in [0.25, 0.3) is 0 Å². The quantitative estimate of drug-likeness (QED) is 0.766. The minimum Gasteiger partial charge on any atom is -0.312 e. The van der Waals surface area contributed by atoms with Crippen molar-refractivity contribution >= 4 is 46.6 Å². The summed E-state index contributed by atoms with van der Waals surface area (Å²) in [6.07, 6.45) is 1.26. The maximum absolute atomic E-state index is 12.5. The fourth-order valence-corrected chi connectivity index (χ4v) is 3.14. The molecule has 0 radical (unpaired) electrons. The molecule has 1 heterocycles. The van der Waals surface area contributed by atoms with Gasteiger partial charge in [-0.15, -0.1) is 0 Å². The minimum absolute atomic E-state index is 0.0573. The summed E-state index contributed by atoms with van der Waals surface area (Å²) in [6, 6.07) is 11.5. The van der Waals surface area contributed by atoms with Crippen molar-refractivity contribution in [3.05, 3.63) is 63.6 Å². The highest BCUT2D eigenvalue weighted by atomic mass is 35.5. The lowest BCUT2D eigenvalue weighted by Gasteiger charge is -2.20. The van der Waals surface area contributed by atoms with Crippen LogP contribution in [0.1, 0.15) is 28.8 Å². The van der Waals surface area contributed by atoms with E-state index in [1.165, 1.54) is 11.0 Å². The molecule has 0 spiro atoms. The lowest BCUT2D eigenvalue weighted by Crippen LogP contribution is -2.43. The van der Waals surface area contributed by atoms with Crippen molar-refractivity contribution in [2.24, 2.45) is 0 Å². The van der Waals surface area contributed by atoms with Gasteiger partial charge in [-0.05, 0) is 42.3 Å². The van der Waals surface area contributed by atoms with Crippen molar-refractivity contribution in [1.29, 1.82) is 0 Å². The van der Waals surface area contributed by atoms with Crippen LogP contribution in [0.2, 0.25) is 10.0 Å². The number of nitrogens with one attached hydrogen (secondary N) is 2. The summed E-state index contributed by atoms with van der Waals surface area (Å²) in [6.45, 7) is 0.530. The lowest BCUT2D eigenvalue weighted by molar-refractivity contribution is -0.121. The van der Waals surface area contributed by atoms with E-state index < -0.39 is 5.91 Å². The fraction of sp³-hybridized carbons (Fsp3) is 0.211. The normalized spacial score (nSPS) is 13.6. The van der Waals surface area contributed by atoms with Crippen LogP contribution >= 0.6 is 23.2 Å². The number of hydrazine groups is 1. The lowest BCUT2D eigenvalue weighted by atomic mass is 10.1. The first-order valence-electron chi connectivity index (χ1n) is 8.37. The van der Waals surface area contributed by atoms with Crippen molar-refractivity contribution in [2.75, 3.05) is 11.4 Å². The molecule has 1 aliphatic heterocycles. The third-order valence-electron chi connectivity index (χ3n) is 4.16.